The Hall–Kier alpha value is -3.45. The number of Topliss-reactive ketones (excluding diaryl/α,β-unsaturated/α-hetero) is 1. The summed E-state index contributed by atoms with van der Waals surface area (Å²) in [6.45, 7) is 6.85. The van der Waals surface area contributed by atoms with Crippen LogP contribution in [-0.4, -0.2) is 20.8 Å². The number of para-hydroxylation sites is 2. The first-order chi connectivity index (χ1) is 16.2. The Morgan fingerprint density at radius 3 is 2.26 bits per heavy atom. The lowest BCUT2D eigenvalue weighted by molar-refractivity contribution is -0.115. The molecule has 0 saturated carbocycles. The molecule has 6 nitrogen and oxygen atoms in total. The average molecular weight is 533 g/mol. The molecule has 1 aliphatic rings. The molecular formula is C28H29BrN4O2. The summed E-state index contributed by atoms with van der Waals surface area (Å²) in [6, 6.07) is 21.6. The van der Waals surface area contributed by atoms with Crippen LogP contribution in [0.2, 0.25) is 0 Å². The van der Waals surface area contributed by atoms with Crippen molar-refractivity contribution in [3.05, 3.63) is 94.6 Å². The molecule has 0 unspecified atom stereocenters. The van der Waals surface area contributed by atoms with Crippen molar-refractivity contribution in [3.63, 3.8) is 0 Å². The van der Waals surface area contributed by atoms with Crippen molar-refractivity contribution in [2.24, 2.45) is 0 Å². The lowest BCUT2D eigenvalue weighted by atomic mass is 9.83. The molecule has 35 heavy (non-hydrogen) atoms. The average Bonchev–Trinajstić information content (AvgIpc) is 3.30. The van der Waals surface area contributed by atoms with Gasteiger partial charge in [0.25, 0.3) is 0 Å². The van der Waals surface area contributed by atoms with E-state index in [4.69, 9.17) is 5.41 Å². The number of imidazole rings is 1. The Balaban J connectivity index is 0.00000289. The Morgan fingerprint density at radius 1 is 0.971 bits per heavy atom. The Morgan fingerprint density at radius 2 is 1.60 bits per heavy atom. The highest BCUT2D eigenvalue weighted by atomic mass is 79.9. The first-order valence-electron chi connectivity index (χ1n) is 11.5. The van der Waals surface area contributed by atoms with Crippen LogP contribution < -0.4 is 10.9 Å². The number of hydrogen-bond donors (Lipinski definition) is 2. The van der Waals surface area contributed by atoms with Crippen LogP contribution in [0.3, 0.4) is 0 Å². The number of anilines is 1. The zero-order chi connectivity index (χ0) is 24.0. The number of nitrogens with zero attached hydrogens (tertiary/aromatic N) is 2. The van der Waals surface area contributed by atoms with Crippen molar-refractivity contribution < 1.29 is 9.59 Å². The fourth-order valence-corrected chi connectivity index (χ4v) is 4.71. The first-order valence-corrected chi connectivity index (χ1v) is 11.5. The Bertz CT molecular complexity index is 1490. The number of aromatic nitrogens is 2. The first kappa shape index (κ1) is 24.7. The zero-order valence-electron chi connectivity index (χ0n) is 20.1. The number of carbonyl (C=O) groups is 2. The fourth-order valence-electron chi connectivity index (χ4n) is 4.71. The summed E-state index contributed by atoms with van der Waals surface area (Å²) in [5.74, 6) is -0.120. The third-order valence-corrected chi connectivity index (χ3v) is 6.43. The van der Waals surface area contributed by atoms with E-state index in [1.54, 1.807) is 4.57 Å². The van der Waals surface area contributed by atoms with Crippen LogP contribution in [-0.2, 0) is 29.7 Å². The highest BCUT2D eigenvalue weighted by Gasteiger charge is 2.28. The van der Waals surface area contributed by atoms with E-state index in [-0.39, 0.29) is 52.7 Å². The number of halogens is 1. The lowest BCUT2D eigenvalue weighted by Crippen LogP contribution is -2.28. The van der Waals surface area contributed by atoms with E-state index in [0.717, 1.165) is 33.4 Å². The predicted molar refractivity (Wildman–Crippen MR) is 143 cm³/mol. The van der Waals surface area contributed by atoms with Gasteiger partial charge >= 0.3 is 0 Å². The molecule has 1 amide bonds. The molecule has 0 spiro atoms. The Kier molecular flexibility index (Phi) is 6.56. The van der Waals surface area contributed by atoms with E-state index >= 15 is 0 Å². The summed E-state index contributed by atoms with van der Waals surface area (Å²) >= 11 is 0. The van der Waals surface area contributed by atoms with Gasteiger partial charge in [0.1, 0.15) is 0 Å². The van der Waals surface area contributed by atoms with E-state index in [2.05, 4.69) is 26.1 Å². The molecule has 1 aromatic heterocycles. The van der Waals surface area contributed by atoms with E-state index in [1.165, 1.54) is 0 Å². The van der Waals surface area contributed by atoms with Gasteiger partial charge in [-0.15, -0.1) is 17.0 Å². The molecule has 2 heterocycles. The minimum atomic E-state index is -0.225. The monoisotopic (exact) mass is 532 g/mol. The summed E-state index contributed by atoms with van der Waals surface area (Å²) in [5.41, 5.74) is 6.17. The van der Waals surface area contributed by atoms with Crippen molar-refractivity contribution in [1.82, 2.24) is 9.13 Å². The summed E-state index contributed by atoms with van der Waals surface area (Å²) in [5, 5.41) is 11.8. The number of nitrogens with one attached hydrogen (secondary N) is 2. The molecular weight excluding hydrogens is 504 g/mol. The van der Waals surface area contributed by atoms with Gasteiger partial charge in [-0.25, -0.2) is 0 Å². The third kappa shape index (κ3) is 4.60. The largest absolute Gasteiger partial charge is 0.325 e. The van der Waals surface area contributed by atoms with Gasteiger partial charge in [0.05, 0.1) is 30.5 Å². The van der Waals surface area contributed by atoms with E-state index < -0.39 is 0 Å². The van der Waals surface area contributed by atoms with Crippen LogP contribution in [0.5, 0.6) is 0 Å². The molecule has 0 aliphatic carbocycles. The standard InChI is InChI=1S/C28H28N4O2.BrH/c1-28(2,3)21-14-19(13-20-15-25(34)30-26(20)21)24(33)17-32-23-12-8-7-11-22(23)31(27(32)29)16-18-9-5-4-6-10-18;/h4-14,29H,15-17H2,1-3H3,(H,30,34);1H. The van der Waals surface area contributed by atoms with E-state index in [1.807, 2.05) is 71.3 Å². The van der Waals surface area contributed by atoms with E-state index in [0.29, 0.717) is 12.1 Å². The number of ketones is 1. The van der Waals surface area contributed by atoms with Crippen LogP contribution in [0.25, 0.3) is 11.0 Å². The van der Waals surface area contributed by atoms with Gasteiger partial charge in [0.15, 0.2) is 5.78 Å². The highest BCUT2D eigenvalue weighted by molar-refractivity contribution is 8.93. The SMILES string of the molecule is Br.CC(C)(C)c1cc(C(=O)Cn2c(=N)n(Cc3ccccc3)c3ccccc32)cc2c1NC(=O)C2. The molecule has 180 valence electrons. The van der Waals surface area contributed by atoms with Gasteiger partial charge in [-0.2, -0.15) is 0 Å². The van der Waals surface area contributed by atoms with Gasteiger partial charge in [-0.1, -0.05) is 63.2 Å². The summed E-state index contributed by atoms with van der Waals surface area (Å²) in [7, 11) is 0. The summed E-state index contributed by atoms with van der Waals surface area (Å²) in [4.78, 5) is 25.6. The van der Waals surface area contributed by atoms with Crippen LogP contribution in [0, 0.1) is 5.41 Å². The van der Waals surface area contributed by atoms with E-state index in [9.17, 15) is 9.59 Å². The molecule has 0 radical (unpaired) electrons. The predicted octanol–water partition coefficient (Wildman–Crippen LogP) is 5.22. The van der Waals surface area contributed by atoms with Crippen LogP contribution in [0.4, 0.5) is 5.69 Å². The second-order valence-corrected chi connectivity index (χ2v) is 9.93. The minimum Gasteiger partial charge on any atom is -0.325 e. The van der Waals surface area contributed by atoms with Crippen molar-refractivity contribution in [2.45, 2.75) is 45.7 Å². The van der Waals surface area contributed by atoms with Crippen LogP contribution in [0.1, 0.15) is 47.8 Å². The van der Waals surface area contributed by atoms with Crippen molar-refractivity contribution in [1.29, 1.82) is 5.41 Å². The molecule has 7 heteroatoms. The molecule has 0 bridgehead atoms. The second kappa shape index (κ2) is 9.30. The van der Waals surface area contributed by atoms with Gasteiger partial charge in [-0.3, -0.25) is 15.0 Å². The maximum Gasteiger partial charge on any atom is 0.228 e. The maximum absolute atomic E-state index is 13.5. The van der Waals surface area contributed by atoms with Crippen molar-refractivity contribution in [2.75, 3.05) is 5.32 Å². The van der Waals surface area contributed by atoms with Crippen LogP contribution >= 0.6 is 17.0 Å². The molecule has 2 N–H and O–H groups in total. The molecule has 1 aliphatic heterocycles. The number of amides is 1. The number of carbonyl (C=O) groups excluding carboxylic acids is 2. The highest BCUT2D eigenvalue weighted by Crippen LogP contribution is 2.36. The number of hydrogen-bond acceptors (Lipinski definition) is 3. The lowest BCUT2D eigenvalue weighted by Gasteiger charge is -2.23. The van der Waals surface area contributed by atoms with Gasteiger partial charge < -0.3 is 14.5 Å². The zero-order valence-corrected chi connectivity index (χ0v) is 21.8. The topological polar surface area (TPSA) is 79.9 Å². The number of fused-ring (bicyclic) bond motifs is 2. The molecule has 3 aromatic carbocycles. The molecule has 0 fully saturated rings. The number of rotatable bonds is 5. The van der Waals surface area contributed by atoms with Crippen LogP contribution in [0.15, 0.2) is 66.7 Å². The smallest absolute Gasteiger partial charge is 0.228 e. The summed E-state index contributed by atoms with van der Waals surface area (Å²) in [6.07, 6.45) is 0.284. The minimum absolute atomic E-state index is 0. The fraction of sp³-hybridized carbons (Fsp3) is 0.250. The van der Waals surface area contributed by atoms with Gasteiger partial charge in [-0.05, 0) is 46.4 Å². The Labute approximate surface area is 214 Å². The normalized spacial score (nSPS) is 12.8. The van der Waals surface area contributed by atoms with Gasteiger partial charge in [0.2, 0.25) is 11.5 Å². The molecule has 0 saturated heterocycles. The van der Waals surface area contributed by atoms with Crippen molar-refractivity contribution in [3.8, 4) is 0 Å². The van der Waals surface area contributed by atoms with Gasteiger partial charge in [0, 0.05) is 11.3 Å². The summed E-state index contributed by atoms with van der Waals surface area (Å²) < 4.78 is 3.71. The number of benzene rings is 3. The van der Waals surface area contributed by atoms with Crippen molar-refractivity contribution >= 4 is 45.4 Å². The maximum atomic E-state index is 13.5. The molecule has 4 aromatic rings. The second-order valence-electron chi connectivity index (χ2n) is 9.93. The molecule has 5 rings (SSSR count). The quantitative estimate of drug-likeness (QED) is 0.345. The molecule has 0 atom stereocenters. The third-order valence-electron chi connectivity index (χ3n) is 6.43.